The van der Waals surface area contributed by atoms with Crippen molar-refractivity contribution in [3.05, 3.63) is 71.2 Å². The van der Waals surface area contributed by atoms with E-state index in [1.807, 2.05) is 11.4 Å². The average Bonchev–Trinajstić information content (AvgIpc) is 3.11. The second-order valence-electron chi connectivity index (χ2n) is 6.36. The highest BCUT2D eigenvalue weighted by atomic mass is 19.4. The van der Waals surface area contributed by atoms with Crippen molar-refractivity contribution in [2.24, 2.45) is 0 Å². The van der Waals surface area contributed by atoms with E-state index >= 15 is 0 Å². The molecule has 0 unspecified atom stereocenters. The van der Waals surface area contributed by atoms with Gasteiger partial charge in [-0.15, -0.1) is 0 Å². The Morgan fingerprint density at radius 1 is 1.29 bits per heavy atom. The van der Waals surface area contributed by atoms with Crippen molar-refractivity contribution in [2.75, 3.05) is 12.8 Å². The predicted octanol–water partition coefficient (Wildman–Crippen LogP) is 3.51. The molecule has 3 rings (SSSR count). The van der Waals surface area contributed by atoms with E-state index in [9.17, 15) is 22.4 Å². The smallest absolute Gasteiger partial charge is 0.412 e. The second kappa shape index (κ2) is 8.35. The van der Waals surface area contributed by atoms with E-state index in [0.29, 0.717) is 6.07 Å². The van der Waals surface area contributed by atoms with Gasteiger partial charge in [-0.3, -0.25) is 4.79 Å². The number of nitrogens with one attached hydrogen (secondary N) is 1. The normalized spacial score (nSPS) is 12.1. The van der Waals surface area contributed by atoms with Crippen LogP contribution in [0.2, 0.25) is 0 Å². The molecule has 160 valence electrons. The number of methoxy groups -OCH3 is 1. The number of benzene rings is 2. The van der Waals surface area contributed by atoms with Crippen LogP contribution in [0.4, 0.5) is 23.4 Å². The lowest BCUT2D eigenvalue weighted by Gasteiger charge is -2.22. The second-order valence-corrected chi connectivity index (χ2v) is 6.36. The first-order valence-electron chi connectivity index (χ1n) is 8.70. The standard InChI is InChI=1S/C20H15F4N5O2/c1-31-16-6-5-11(8-15(16)21)17(20(22,23)24)28-19(30)12-3-2-4-14(7-12)29-18(26)13(9-25)10-27-29/h2-8,10,17H,26H2,1H3,(H,28,30)/t17-/m0/s1. The van der Waals surface area contributed by atoms with Gasteiger partial charge in [0.1, 0.15) is 17.5 Å². The third kappa shape index (κ3) is 4.42. The van der Waals surface area contributed by atoms with Crippen LogP contribution in [0.1, 0.15) is 27.5 Å². The lowest BCUT2D eigenvalue weighted by atomic mass is 10.0. The number of alkyl halides is 3. The van der Waals surface area contributed by atoms with Crippen LogP contribution >= 0.6 is 0 Å². The fourth-order valence-corrected chi connectivity index (χ4v) is 2.86. The van der Waals surface area contributed by atoms with Crippen molar-refractivity contribution in [3.8, 4) is 17.5 Å². The van der Waals surface area contributed by atoms with Gasteiger partial charge in [-0.05, 0) is 35.9 Å². The van der Waals surface area contributed by atoms with E-state index < -0.39 is 29.5 Å². The van der Waals surface area contributed by atoms with E-state index in [2.05, 4.69) is 5.10 Å². The number of anilines is 1. The van der Waals surface area contributed by atoms with Gasteiger partial charge in [0.05, 0.1) is 19.0 Å². The molecule has 1 aromatic heterocycles. The number of halogens is 4. The fraction of sp³-hybridized carbons (Fsp3) is 0.150. The number of nitrogens with two attached hydrogens (primary N) is 1. The van der Waals surface area contributed by atoms with Crippen molar-refractivity contribution in [3.63, 3.8) is 0 Å². The third-order valence-electron chi connectivity index (χ3n) is 4.39. The Bertz CT molecular complexity index is 1170. The van der Waals surface area contributed by atoms with Gasteiger partial charge < -0.3 is 15.8 Å². The van der Waals surface area contributed by atoms with Gasteiger partial charge in [0.25, 0.3) is 5.91 Å². The number of carbonyl (C=O) groups excluding carboxylic acids is 1. The molecule has 31 heavy (non-hydrogen) atoms. The Hall–Kier alpha value is -4.07. The Labute approximate surface area is 173 Å². The van der Waals surface area contributed by atoms with E-state index in [0.717, 1.165) is 12.1 Å². The van der Waals surface area contributed by atoms with Gasteiger partial charge in [0, 0.05) is 5.56 Å². The first-order chi connectivity index (χ1) is 14.7. The summed E-state index contributed by atoms with van der Waals surface area (Å²) in [6.45, 7) is 0. The average molecular weight is 433 g/mol. The zero-order chi connectivity index (χ0) is 22.8. The first kappa shape index (κ1) is 21.6. The Balaban J connectivity index is 1.92. The molecule has 0 aliphatic carbocycles. The number of hydrogen-bond acceptors (Lipinski definition) is 5. The maximum absolute atomic E-state index is 13.9. The molecule has 7 nitrogen and oxygen atoms in total. The first-order valence-corrected chi connectivity index (χ1v) is 8.70. The number of nitrogen functional groups attached to an aromatic ring is 1. The Kier molecular flexibility index (Phi) is 5.83. The molecule has 0 saturated carbocycles. The number of nitrogens with zero attached hydrogens (tertiary/aromatic N) is 3. The zero-order valence-electron chi connectivity index (χ0n) is 15.9. The van der Waals surface area contributed by atoms with Crippen molar-refractivity contribution >= 4 is 11.7 Å². The highest BCUT2D eigenvalue weighted by molar-refractivity contribution is 5.95. The maximum atomic E-state index is 13.9. The monoisotopic (exact) mass is 433 g/mol. The summed E-state index contributed by atoms with van der Waals surface area (Å²) in [7, 11) is 1.18. The van der Waals surface area contributed by atoms with Crippen LogP contribution in [-0.2, 0) is 0 Å². The largest absolute Gasteiger partial charge is 0.494 e. The molecule has 0 aliphatic heterocycles. The SMILES string of the molecule is COc1ccc([C@H](NC(=O)c2cccc(-n3ncc(C#N)c3N)c2)C(F)(F)F)cc1F. The molecule has 0 aliphatic rings. The van der Waals surface area contributed by atoms with Gasteiger partial charge in [-0.2, -0.15) is 23.5 Å². The molecule has 0 bridgehead atoms. The lowest BCUT2D eigenvalue weighted by Crippen LogP contribution is -2.38. The summed E-state index contributed by atoms with van der Waals surface area (Å²) in [5, 5.41) is 14.8. The molecule has 0 spiro atoms. The van der Waals surface area contributed by atoms with Gasteiger partial charge in [0.2, 0.25) is 0 Å². The molecule has 3 N–H and O–H groups in total. The molecule has 0 fully saturated rings. The zero-order valence-corrected chi connectivity index (χ0v) is 15.9. The van der Waals surface area contributed by atoms with Crippen molar-refractivity contribution in [2.45, 2.75) is 12.2 Å². The van der Waals surface area contributed by atoms with E-state index in [1.54, 1.807) is 0 Å². The number of hydrogen-bond donors (Lipinski definition) is 2. The van der Waals surface area contributed by atoms with Crippen molar-refractivity contribution < 1.29 is 27.1 Å². The predicted molar refractivity (Wildman–Crippen MR) is 102 cm³/mol. The number of carbonyl (C=O) groups is 1. The molecule has 11 heteroatoms. The maximum Gasteiger partial charge on any atom is 0.412 e. The van der Waals surface area contributed by atoms with Crippen molar-refractivity contribution in [1.82, 2.24) is 15.1 Å². The Morgan fingerprint density at radius 2 is 2.03 bits per heavy atom. The summed E-state index contributed by atoms with van der Waals surface area (Å²) in [4.78, 5) is 12.6. The van der Waals surface area contributed by atoms with Gasteiger partial charge in [0.15, 0.2) is 17.6 Å². The molecule has 1 atom stereocenters. The van der Waals surface area contributed by atoms with Gasteiger partial charge in [-0.1, -0.05) is 12.1 Å². The number of aromatic nitrogens is 2. The molecule has 1 heterocycles. The minimum Gasteiger partial charge on any atom is -0.494 e. The van der Waals surface area contributed by atoms with Crippen LogP contribution in [-0.4, -0.2) is 29.0 Å². The highest BCUT2D eigenvalue weighted by Crippen LogP contribution is 2.34. The summed E-state index contributed by atoms with van der Waals surface area (Å²) in [5.74, 6) is -2.25. The molecule has 0 radical (unpaired) electrons. The quantitative estimate of drug-likeness (QED) is 0.599. The Morgan fingerprint density at radius 3 is 2.61 bits per heavy atom. The summed E-state index contributed by atoms with van der Waals surface area (Å²) < 4.78 is 60.6. The molecule has 0 saturated heterocycles. The number of amides is 1. The van der Waals surface area contributed by atoms with Gasteiger partial charge >= 0.3 is 6.18 Å². The van der Waals surface area contributed by atoms with Crippen LogP contribution in [0.5, 0.6) is 5.75 Å². The molecule has 2 aromatic carbocycles. The minimum atomic E-state index is -4.89. The fourth-order valence-electron chi connectivity index (χ4n) is 2.86. The van der Waals surface area contributed by atoms with E-state index in [1.165, 1.54) is 42.3 Å². The van der Waals surface area contributed by atoms with Crippen LogP contribution in [0, 0.1) is 17.1 Å². The summed E-state index contributed by atoms with van der Waals surface area (Å²) in [6.07, 6.45) is -3.66. The van der Waals surface area contributed by atoms with Crippen LogP contribution in [0.15, 0.2) is 48.7 Å². The highest BCUT2D eigenvalue weighted by Gasteiger charge is 2.42. The summed E-state index contributed by atoms with van der Waals surface area (Å²) in [6, 6.07) is 7.61. The van der Waals surface area contributed by atoms with Crippen LogP contribution in [0.3, 0.4) is 0 Å². The number of rotatable bonds is 5. The van der Waals surface area contributed by atoms with Gasteiger partial charge in [-0.25, -0.2) is 9.07 Å². The molecular weight excluding hydrogens is 418 g/mol. The topological polar surface area (TPSA) is 106 Å². The lowest BCUT2D eigenvalue weighted by molar-refractivity contribution is -0.155. The van der Waals surface area contributed by atoms with E-state index in [-0.39, 0.29) is 28.4 Å². The van der Waals surface area contributed by atoms with Crippen LogP contribution < -0.4 is 15.8 Å². The molecule has 3 aromatic rings. The summed E-state index contributed by atoms with van der Waals surface area (Å²) in [5.41, 5.74) is 5.57. The third-order valence-corrected chi connectivity index (χ3v) is 4.39. The van der Waals surface area contributed by atoms with E-state index in [4.69, 9.17) is 15.7 Å². The number of ether oxygens (including phenoxy) is 1. The van der Waals surface area contributed by atoms with Crippen LogP contribution in [0.25, 0.3) is 5.69 Å². The van der Waals surface area contributed by atoms with Crippen molar-refractivity contribution in [1.29, 1.82) is 5.26 Å². The molecule has 1 amide bonds. The summed E-state index contributed by atoms with van der Waals surface area (Å²) >= 11 is 0. The molecular formula is C20H15F4N5O2. The minimum absolute atomic E-state index is 0.0157. The number of nitriles is 1.